The normalized spacial score (nSPS) is 10.8. The number of aryl methyl sites for hydroxylation is 1. The van der Waals surface area contributed by atoms with Crippen LogP contribution in [0.15, 0.2) is 54.2 Å². The summed E-state index contributed by atoms with van der Waals surface area (Å²) in [6, 6.07) is 13.6. The predicted octanol–water partition coefficient (Wildman–Crippen LogP) is 5.06. The smallest absolute Gasteiger partial charge is 0.340 e. The number of carbonyl (C=O) groups excluding carboxylic acids is 2. The SMILES string of the molecule is CCCCOC(=O)c1ccccc1NC(=O)/C(C#N)=C\Nc1cc(Cl)ccc1C. The van der Waals surface area contributed by atoms with Crippen LogP contribution in [-0.4, -0.2) is 18.5 Å². The number of nitrogens with one attached hydrogen (secondary N) is 2. The number of benzene rings is 2. The van der Waals surface area contributed by atoms with Crippen molar-refractivity contribution in [3.05, 3.63) is 70.4 Å². The zero-order valence-electron chi connectivity index (χ0n) is 16.3. The van der Waals surface area contributed by atoms with Gasteiger partial charge in [-0.3, -0.25) is 4.79 Å². The lowest BCUT2D eigenvalue weighted by atomic mass is 10.1. The molecule has 7 heteroatoms. The predicted molar refractivity (Wildman–Crippen MR) is 114 cm³/mol. The summed E-state index contributed by atoms with van der Waals surface area (Å²) in [6.45, 7) is 4.18. The number of halogens is 1. The lowest BCUT2D eigenvalue weighted by molar-refractivity contribution is -0.112. The van der Waals surface area contributed by atoms with Crippen molar-refractivity contribution in [3.8, 4) is 6.07 Å². The third-order valence-electron chi connectivity index (χ3n) is 4.06. The molecule has 0 bridgehead atoms. The number of hydrogen-bond acceptors (Lipinski definition) is 5. The van der Waals surface area contributed by atoms with E-state index in [0.29, 0.717) is 17.3 Å². The highest BCUT2D eigenvalue weighted by molar-refractivity contribution is 6.30. The summed E-state index contributed by atoms with van der Waals surface area (Å²) in [5.74, 6) is -1.17. The fourth-order valence-electron chi connectivity index (χ4n) is 2.39. The number of carbonyl (C=O) groups is 2. The molecule has 29 heavy (non-hydrogen) atoms. The largest absolute Gasteiger partial charge is 0.462 e. The molecule has 0 atom stereocenters. The first kappa shape index (κ1) is 22.0. The number of para-hydroxylation sites is 1. The fraction of sp³-hybridized carbons (Fsp3) is 0.227. The quantitative estimate of drug-likeness (QED) is 0.274. The maximum Gasteiger partial charge on any atom is 0.340 e. The Labute approximate surface area is 175 Å². The van der Waals surface area contributed by atoms with Gasteiger partial charge in [0.05, 0.1) is 17.9 Å². The van der Waals surface area contributed by atoms with E-state index in [0.717, 1.165) is 18.4 Å². The van der Waals surface area contributed by atoms with Crippen molar-refractivity contribution in [1.82, 2.24) is 0 Å². The monoisotopic (exact) mass is 411 g/mol. The Balaban J connectivity index is 2.14. The zero-order valence-corrected chi connectivity index (χ0v) is 17.0. The Morgan fingerprint density at radius 3 is 2.69 bits per heavy atom. The van der Waals surface area contributed by atoms with Gasteiger partial charge in [0.25, 0.3) is 5.91 Å². The summed E-state index contributed by atoms with van der Waals surface area (Å²) in [7, 11) is 0. The molecule has 0 aliphatic heterocycles. The highest BCUT2D eigenvalue weighted by Gasteiger charge is 2.16. The van der Waals surface area contributed by atoms with E-state index in [4.69, 9.17) is 16.3 Å². The van der Waals surface area contributed by atoms with E-state index >= 15 is 0 Å². The minimum absolute atomic E-state index is 0.154. The molecule has 0 radical (unpaired) electrons. The van der Waals surface area contributed by atoms with Gasteiger partial charge in [-0.15, -0.1) is 0 Å². The van der Waals surface area contributed by atoms with Crippen LogP contribution in [0.3, 0.4) is 0 Å². The summed E-state index contributed by atoms with van der Waals surface area (Å²) in [6.07, 6.45) is 2.97. The van der Waals surface area contributed by atoms with Crippen molar-refractivity contribution < 1.29 is 14.3 Å². The molecule has 0 unspecified atom stereocenters. The van der Waals surface area contributed by atoms with Gasteiger partial charge in [0.1, 0.15) is 11.6 Å². The first-order chi connectivity index (χ1) is 14.0. The Morgan fingerprint density at radius 1 is 1.21 bits per heavy atom. The molecule has 0 fully saturated rings. The summed E-state index contributed by atoms with van der Waals surface area (Å²) in [5, 5.41) is 15.4. The van der Waals surface area contributed by atoms with Crippen LogP contribution in [0.1, 0.15) is 35.7 Å². The lowest BCUT2D eigenvalue weighted by Crippen LogP contribution is -2.18. The number of rotatable bonds is 8. The van der Waals surface area contributed by atoms with Gasteiger partial charge in [0.15, 0.2) is 0 Å². The van der Waals surface area contributed by atoms with Crippen LogP contribution in [0.25, 0.3) is 0 Å². The second kappa shape index (κ2) is 10.9. The van der Waals surface area contributed by atoms with Crippen molar-refractivity contribution in [1.29, 1.82) is 5.26 Å². The molecule has 0 heterocycles. The van der Waals surface area contributed by atoms with E-state index in [1.807, 2.05) is 26.0 Å². The molecule has 2 aromatic rings. The number of unbranched alkanes of at least 4 members (excludes halogenated alkanes) is 1. The highest BCUT2D eigenvalue weighted by Crippen LogP contribution is 2.21. The Hall–Kier alpha value is -3.30. The molecule has 6 nitrogen and oxygen atoms in total. The molecule has 0 aliphatic carbocycles. The molecule has 2 N–H and O–H groups in total. The highest BCUT2D eigenvalue weighted by atomic mass is 35.5. The lowest BCUT2D eigenvalue weighted by Gasteiger charge is -2.11. The summed E-state index contributed by atoms with van der Waals surface area (Å²) < 4.78 is 5.21. The van der Waals surface area contributed by atoms with Crippen LogP contribution in [0.5, 0.6) is 0 Å². The maximum atomic E-state index is 12.5. The molecular weight excluding hydrogens is 390 g/mol. The van der Waals surface area contributed by atoms with E-state index in [9.17, 15) is 14.9 Å². The molecule has 2 rings (SSSR count). The van der Waals surface area contributed by atoms with Crippen LogP contribution in [0.2, 0.25) is 5.02 Å². The van der Waals surface area contributed by atoms with E-state index in [1.54, 1.807) is 36.4 Å². The second-order valence-corrected chi connectivity index (χ2v) is 6.70. The van der Waals surface area contributed by atoms with Crippen molar-refractivity contribution in [2.24, 2.45) is 0 Å². The van der Waals surface area contributed by atoms with Crippen molar-refractivity contribution >= 4 is 34.9 Å². The number of nitrogens with zero attached hydrogens (tertiary/aromatic N) is 1. The van der Waals surface area contributed by atoms with Crippen LogP contribution < -0.4 is 10.6 Å². The standard InChI is InChI=1S/C22H22ClN3O3/c1-3-4-11-29-22(28)18-7-5-6-8-19(18)26-21(27)16(13-24)14-25-20-12-17(23)10-9-15(20)2/h5-10,12,14,25H,3-4,11H2,1-2H3,(H,26,27)/b16-14-. The Morgan fingerprint density at radius 2 is 1.97 bits per heavy atom. The maximum absolute atomic E-state index is 12.5. The summed E-state index contributed by atoms with van der Waals surface area (Å²) >= 11 is 5.98. The van der Waals surface area contributed by atoms with Gasteiger partial charge in [-0.25, -0.2) is 4.79 Å². The zero-order chi connectivity index (χ0) is 21.2. The van der Waals surface area contributed by atoms with Crippen LogP contribution >= 0.6 is 11.6 Å². The van der Waals surface area contributed by atoms with Gasteiger partial charge in [-0.2, -0.15) is 5.26 Å². The Kier molecular flexibility index (Phi) is 8.26. The third-order valence-corrected chi connectivity index (χ3v) is 4.30. The van der Waals surface area contributed by atoms with Crippen LogP contribution in [-0.2, 0) is 9.53 Å². The van der Waals surface area contributed by atoms with Gasteiger partial charge in [-0.05, 0) is 43.2 Å². The molecule has 0 aromatic heterocycles. The van der Waals surface area contributed by atoms with Crippen LogP contribution in [0, 0.1) is 18.3 Å². The van der Waals surface area contributed by atoms with E-state index in [1.165, 1.54) is 6.20 Å². The molecule has 0 aliphatic rings. The molecular formula is C22H22ClN3O3. The van der Waals surface area contributed by atoms with Gasteiger partial charge >= 0.3 is 5.97 Å². The minimum Gasteiger partial charge on any atom is -0.462 e. The molecule has 1 amide bonds. The number of nitriles is 1. The third kappa shape index (κ3) is 6.37. The number of anilines is 2. The first-order valence-electron chi connectivity index (χ1n) is 9.16. The molecule has 150 valence electrons. The van der Waals surface area contributed by atoms with Gasteiger partial charge < -0.3 is 15.4 Å². The topological polar surface area (TPSA) is 91.2 Å². The van der Waals surface area contributed by atoms with E-state index in [-0.39, 0.29) is 16.8 Å². The number of hydrogen-bond donors (Lipinski definition) is 2. The van der Waals surface area contributed by atoms with Crippen LogP contribution in [0.4, 0.5) is 11.4 Å². The van der Waals surface area contributed by atoms with Crippen molar-refractivity contribution in [2.45, 2.75) is 26.7 Å². The molecule has 0 saturated carbocycles. The molecule has 0 saturated heterocycles. The van der Waals surface area contributed by atoms with Gasteiger partial charge in [-0.1, -0.05) is 43.1 Å². The first-order valence-corrected chi connectivity index (χ1v) is 9.54. The van der Waals surface area contributed by atoms with Crippen molar-refractivity contribution in [3.63, 3.8) is 0 Å². The van der Waals surface area contributed by atoms with Gasteiger partial charge in [0, 0.05) is 16.9 Å². The van der Waals surface area contributed by atoms with E-state index < -0.39 is 11.9 Å². The molecule has 2 aromatic carbocycles. The molecule has 0 spiro atoms. The average Bonchev–Trinajstić information content (AvgIpc) is 2.71. The van der Waals surface area contributed by atoms with E-state index in [2.05, 4.69) is 10.6 Å². The number of esters is 1. The average molecular weight is 412 g/mol. The Bertz CT molecular complexity index is 964. The number of ether oxygens (including phenoxy) is 1. The summed E-state index contributed by atoms with van der Waals surface area (Å²) in [4.78, 5) is 24.8. The van der Waals surface area contributed by atoms with Gasteiger partial charge in [0.2, 0.25) is 0 Å². The number of amides is 1. The minimum atomic E-state index is -0.645. The van der Waals surface area contributed by atoms with Crippen molar-refractivity contribution in [2.75, 3.05) is 17.2 Å². The summed E-state index contributed by atoms with van der Waals surface area (Å²) in [5.41, 5.74) is 1.94. The fourth-order valence-corrected chi connectivity index (χ4v) is 2.57. The second-order valence-electron chi connectivity index (χ2n) is 6.26.